The maximum atomic E-state index is 11.9. The van der Waals surface area contributed by atoms with Gasteiger partial charge in [0.05, 0.1) is 12.2 Å². The molecule has 0 aliphatic heterocycles. The van der Waals surface area contributed by atoms with Gasteiger partial charge in [0.15, 0.2) is 0 Å². The minimum atomic E-state index is -1.70. The van der Waals surface area contributed by atoms with Crippen molar-refractivity contribution in [2.75, 3.05) is 12.4 Å². The fourth-order valence-corrected chi connectivity index (χ4v) is 1.70. The van der Waals surface area contributed by atoms with E-state index in [4.69, 9.17) is 14.2 Å². The van der Waals surface area contributed by atoms with Gasteiger partial charge in [-0.1, -0.05) is 25.1 Å². The van der Waals surface area contributed by atoms with Gasteiger partial charge in [-0.15, -0.1) is 0 Å². The lowest BCUT2D eigenvalue weighted by molar-refractivity contribution is -0.172. The topological polar surface area (TPSA) is 78.9 Å². The second-order valence-corrected chi connectivity index (χ2v) is 4.86. The van der Waals surface area contributed by atoms with Crippen molar-refractivity contribution in [2.45, 2.75) is 20.1 Å². The Bertz CT molecular complexity index is 487. The van der Waals surface area contributed by atoms with Gasteiger partial charge >= 0.3 is 23.5 Å². The zero-order chi connectivity index (χ0) is 15.7. The molecule has 6 nitrogen and oxygen atoms in total. The Morgan fingerprint density at radius 2 is 1.76 bits per heavy atom. The standard InChI is InChI=1S/C14H16O6S/c1-3-18-12(16)13(20-14(17)21-4-2)19-11(15)10-8-6-5-7-9-10/h5-9,13H,3-4H2,1-2H3. The smallest absolute Gasteiger partial charge is 0.389 e. The summed E-state index contributed by atoms with van der Waals surface area (Å²) < 4.78 is 14.4. The van der Waals surface area contributed by atoms with Gasteiger partial charge in [-0.25, -0.2) is 14.4 Å². The van der Waals surface area contributed by atoms with Crippen LogP contribution in [0.25, 0.3) is 0 Å². The summed E-state index contributed by atoms with van der Waals surface area (Å²) in [5.41, 5.74) is 0.242. The first kappa shape index (κ1) is 17.0. The number of hydrogen-bond acceptors (Lipinski definition) is 7. The highest BCUT2D eigenvalue weighted by Crippen LogP contribution is 2.11. The van der Waals surface area contributed by atoms with Crippen molar-refractivity contribution in [2.24, 2.45) is 0 Å². The van der Waals surface area contributed by atoms with Crippen molar-refractivity contribution in [1.82, 2.24) is 0 Å². The van der Waals surface area contributed by atoms with Gasteiger partial charge in [0.2, 0.25) is 0 Å². The van der Waals surface area contributed by atoms with E-state index >= 15 is 0 Å². The molecule has 21 heavy (non-hydrogen) atoms. The van der Waals surface area contributed by atoms with Crippen molar-refractivity contribution < 1.29 is 28.6 Å². The minimum absolute atomic E-state index is 0.0801. The Morgan fingerprint density at radius 1 is 1.10 bits per heavy atom. The third-order valence-corrected chi connectivity index (χ3v) is 2.79. The third-order valence-electron chi connectivity index (χ3n) is 2.17. The molecule has 0 saturated carbocycles. The Balaban J connectivity index is 2.74. The van der Waals surface area contributed by atoms with E-state index in [1.54, 1.807) is 32.0 Å². The number of carbonyl (C=O) groups is 3. The molecule has 0 aliphatic rings. The first-order valence-corrected chi connectivity index (χ1v) is 7.33. The predicted molar refractivity (Wildman–Crippen MR) is 76.9 cm³/mol. The van der Waals surface area contributed by atoms with Crippen LogP contribution in [-0.2, 0) is 19.0 Å². The molecule has 1 atom stereocenters. The molecule has 0 bridgehead atoms. The number of esters is 2. The van der Waals surface area contributed by atoms with E-state index in [0.29, 0.717) is 5.75 Å². The van der Waals surface area contributed by atoms with Crippen LogP contribution in [0.5, 0.6) is 0 Å². The van der Waals surface area contributed by atoms with Gasteiger partial charge in [-0.2, -0.15) is 0 Å². The van der Waals surface area contributed by atoms with Crippen LogP contribution >= 0.6 is 11.8 Å². The number of rotatable bonds is 6. The second-order valence-electron chi connectivity index (χ2n) is 3.66. The highest BCUT2D eigenvalue weighted by atomic mass is 32.2. The van der Waals surface area contributed by atoms with Crippen LogP contribution in [0.3, 0.4) is 0 Å². The average molecular weight is 312 g/mol. The number of benzene rings is 1. The van der Waals surface area contributed by atoms with Gasteiger partial charge < -0.3 is 14.2 Å². The largest absolute Gasteiger partial charge is 0.460 e. The number of carbonyl (C=O) groups excluding carboxylic acids is 3. The highest BCUT2D eigenvalue weighted by molar-refractivity contribution is 8.13. The van der Waals surface area contributed by atoms with Gasteiger partial charge in [-0.3, -0.25) is 0 Å². The van der Waals surface area contributed by atoms with E-state index in [1.807, 2.05) is 0 Å². The molecule has 0 N–H and O–H groups in total. The lowest BCUT2D eigenvalue weighted by Crippen LogP contribution is -2.33. The number of ether oxygens (including phenoxy) is 3. The molecule has 0 saturated heterocycles. The molecule has 0 aromatic heterocycles. The molecule has 0 amide bonds. The van der Waals surface area contributed by atoms with E-state index in [0.717, 1.165) is 11.8 Å². The quantitative estimate of drug-likeness (QED) is 0.590. The highest BCUT2D eigenvalue weighted by Gasteiger charge is 2.29. The van der Waals surface area contributed by atoms with Crippen LogP contribution in [0.1, 0.15) is 24.2 Å². The van der Waals surface area contributed by atoms with E-state index < -0.39 is 23.5 Å². The average Bonchev–Trinajstić information content (AvgIpc) is 2.48. The zero-order valence-electron chi connectivity index (χ0n) is 11.7. The second kappa shape index (κ2) is 9.02. The first-order valence-electron chi connectivity index (χ1n) is 6.34. The first-order chi connectivity index (χ1) is 10.1. The van der Waals surface area contributed by atoms with Crippen LogP contribution in [0.2, 0.25) is 0 Å². The van der Waals surface area contributed by atoms with E-state index in [1.165, 1.54) is 12.1 Å². The molecule has 0 spiro atoms. The van der Waals surface area contributed by atoms with Crippen LogP contribution in [0.4, 0.5) is 4.79 Å². The molecule has 0 aliphatic carbocycles. The SMILES string of the molecule is CCOC(=O)C(OC(=O)SCC)OC(=O)c1ccccc1. The molecule has 1 aromatic carbocycles. The molecular weight excluding hydrogens is 296 g/mol. The Hall–Kier alpha value is -2.02. The summed E-state index contributed by atoms with van der Waals surface area (Å²) in [4.78, 5) is 35.0. The predicted octanol–water partition coefficient (Wildman–Crippen LogP) is 2.62. The lowest BCUT2D eigenvalue weighted by atomic mass is 10.2. The summed E-state index contributed by atoms with van der Waals surface area (Å²) in [5.74, 6) is -1.23. The van der Waals surface area contributed by atoms with Gasteiger partial charge in [0.1, 0.15) is 0 Å². The summed E-state index contributed by atoms with van der Waals surface area (Å²) in [5, 5.41) is -0.712. The Labute approximate surface area is 126 Å². The molecule has 1 aromatic rings. The summed E-state index contributed by atoms with van der Waals surface area (Å²) in [6.45, 7) is 3.43. The summed E-state index contributed by atoms with van der Waals surface area (Å²) in [6, 6.07) is 8.07. The van der Waals surface area contributed by atoms with Crippen molar-refractivity contribution in [3.63, 3.8) is 0 Å². The summed E-state index contributed by atoms with van der Waals surface area (Å²) >= 11 is 0.858. The van der Waals surface area contributed by atoms with E-state index in [2.05, 4.69) is 0 Å². The fraction of sp³-hybridized carbons (Fsp3) is 0.357. The maximum absolute atomic E-state index is 11.9. The number of thioether (sulfide) groups is 1. The van der Waals surface area contributed by atoms with Crippen molar-refractivity contribution in [3.05, 3.63) is 35.9 Å². The third kappa shape index (κ3) is 5.86. The lowest BCUT2D eigenvalue weighted by Gasteiger charge is -2.16. The summed E-state index contributed by atoms with van der Waals surface area (Å²) in [6.07, 6.45) is -1.70. The monoisotopic (exact) mass is 312 g/mol. The van der Waals surface area contributed by atoms with Gasteiger partial charge in [-0.05, 0) is 30.8 Å². The van der Waals surface area contributed by atoms with Crippen LogP contribution in [-0.4, -0.2) is 35.9 Å². The van der Waals surface area contributed by atoms with Crippen LogP contribution in [0, 0.1) is 0 Å². The number of hydrogen-bond donors (Lipinski definition) is 0. The zero-order valence-corrected chi connectivity index (χ0v) is 12.6. The molecule has 0 heterocycles. The molecule has 1 rings (SSSR count). The minimum Gasteiger partial charge on any atom is -0.460 e. The van der Waals surface area contributed by atoms with Gasteiger partial charge in [0, 0.05) is 5.75 Å². The molecule has 114 valence electrons. The van der Waals surface area contributed by atoms with Crippen LogP contribution in [0.15, 0.2) is 30.3 Å². The van der Waals surface area contributed by atoms with Crippen LogP contribution < -0.4 is 0 Å². The van der Waals surface area contributed by atoms with E-state index in [9.17, 15) is 14.4 Å². The molecule has 7 heteroatoms. The van der Waals surface area contributed by atoms with Crippen molar-refractivity contribution in [3.8, 4) is 0 Å². The molecule has 1 unspecified atom stereocenters. The van der Waals surface area contributed by atoms with Gasteiger partial charge in [0.25, 0.3) is 0 Å². The van der Waals surface area contributed by atoms with Crippen molar-refractivity contribution in [1.29, 1.82) is 0 Å². The van der Waals surface area contributed by atoms with Crippen molar-refractivity contribution >= 4 is 29.0 Å². The maximum Gasteiger partial charge on any atom is 0.389 e. The Morgan fingerprint density at radius 3 is 2.33 bits per heavy atom. The summed E-state index contributed by atoms with van der Waals surface area (Å²) in [7, 11) is 0. The Kier molecular flexibility index (Phi) is 7.31. The molecule has 0 radical (unpaired) electrons. The normalized spacial score (nSPS) is 11.3. The fourth-order valence-electron chi connectivity index (χ4n) is 1.31. The molecule has 0 fully saturated rings. The molecular formula is C14H16O6S. The van der Waals surface area contributed by atoms with E-state index in [-0.39, 0.29) is 12.2 Å².